The second-order valence-electron chi connectivity index (χ2n) is 6.59. The summed E-state index contributed by atoms with van der Waals surface area (Å²) >= 11 is 0. The van der Waals surface area contributed by atoms with E-state index in [0.717, 1.165) is 23.0 Å². The van der Waals surface area contributed by atoms with Gasteiger partial charge in [-0.1, -0.05) is 59.8 Å². The number of rotatable bonds is 10. The Morgan fingerprint density at radius 1 is 1.17 bits per heavy atom. The van der Waals surface area contributed by atoms with Crippen molar-refractivity contribution in [1.82, 2.24) is 19.7 Å². The molecular weight excluding hydrogens is 404 g/mol. The van der Waals surface area contributed by atoms with Crippen LogP contribution in [0.25, 0.3) is 17.3 Å². The van der Waals surface area contributed by atoms with Gasteiger partial charge in [0.25, 0.3) is 0 Å². The molecule has 0 radical (unpaired) electrons. The van der Waals surface area contributed by atoms with Crippen LogP contribution in [0.3, 0.4) is 0 Å². The molecule has 0 unspecified atom stereocenters. The number of ether oxygens (including phenoxy) is 1. The van der Waals surface area contributed by atoms with Gasteiger partial charge in [-0.15, -0.1) is 5.10 Å². The van der Waals surface area contributed by atoms with Gasteiger partial charge in [-0.25, -0.2) is 17.8 Å². The molecule has 156 valence electrons. The number of nitrogens with zero attached hydrogens (tertiary/aromatic N) is 3. The predicted molar refractivity (Wildman–Crippen MR) is 114 cm³/mol. The Morgan fingerprint density at radius 3 is 2.70 bits per heavy atom. The molecule has 30 heavy (non-hydrogen) atoms. The Bertz CT molecular complexity index is 1120. The minimum Gasteiger partial charge on any atom is -0.380 e. The van der Waals surface area contributed by atoms with E-state index in [1.165, 1.54) is 11.8 Å². The number of benzene rings is 2. The number of hydrogen-bond donors (Lipinski definition) is 1. The van der Waals surface area contributed by atoms with E-state index in [9.17, 15) is 13.2 Å². The second-order valence-corrected chi connectivity index (χ2v) is 8.37. The molecule has 1 aromatic heterocycles. The Hall–Kier alpha value is -3.14. The molecule has 0 aliphatic rings. The van der Waals surface area contributed by atoms with Crippen LogP contribution in [0.2, 0.25) is 0 Å². The molecule has 3 rings (SSSR count). The van der Waals surface area contributed by atoms with E-state index >= 15 is 0 Å². The highest BCUT2D eigenvalue weighted by Gasteiger charge is 2.13. The van der Waals surface area contributed by atoms with Gasteiger partial charge >= 0.3 is 0 Å². The molecule has 1 heterocycles. The predicted octanol–water partition coefficient (Wildman–Crippen LogP) is 2.25. The molecular formula is C21H22N4O4S. The molecule has 8 nitrogen and oxygen atoms in total. The maximum absolute atomic E-state index is 12.4. The number of aldehydes is 1. The SMILES string of the molecule is COC/C(C=O)=C\c1cccc(CNS(=O)(=O)Cn2cc(-c3ccccc3)nn2)c1. The summed E-state index contributed by atoms with van der Waals surface area (Å²) in [5.74, 6) is -0.338. The smallest absolute Gasteiger partial charge is 0.232 e. The molecule has 0 fully saturated rings. The van der Waals surface area contributed by atoms with Crippen LogP contribution in [0.1, 0.15) is 11.1 Å². The maximum Gasteiger partial charge on any atom is 0.232 e. The first kappa shape index (κ1) is 21.6. The first-order valence-corrected chi connectivity index (χ1v) is 10.8. The van der Waals surface area contributed by atoms with E-state index < -0.39 is 10.0 Å². The van der Waals surface area contributed by atoms with Gasteiger partial charge in [0, 0.05) is 24.8 Å². The molecule has 3 aromatic rings. The maximum atomic E-state index is 12.4. The minimum absolute atomic E-state index is 0.116. The van der Waals surface area contributed by atoms with Crippen LogP contribution >= 0.6 is 0 Å². The van der Waals surface area contributed by atoms with Crippen molar-refractivity contribution in [3.05, 3.63) is 77.5 Å². The average Bonchev–Trinajstić information content (AvgIpc) is 3.21. The molecule has 0 saturated heterocycles. The van der Waals surface area contributed by atoms with E-state index in [1.807, 2.05) is 42.5 Å². The lowest BCUT2D eigenvalue weighted by Gasteiger charge is -2.07. The van der Waals surface area contributed by atoms with E-state index in [0.29, 0.717) is 11.3 Å². The van der Waals surface area contributed by atoms with Crippen molar-refractivity contribution in [2.75, 3.05) is 13.7 Å². The molecule has 1 N–H and O–H groups in total. The van der Waals surface area contributed by atoms with E-state index in [-0.39, 0.29) is 19.0 Å². The topological polar surface area (TPSA) is 103 Å². The number of hydrogen-bond acceptors (Lipinski definition) is 6. The summed E-state index contributed by atoms with van der Waals surface area (Å²) in [4.78, 5) is 11.1. The number of carbonyl (C=O) groups is 1. The van der Waals surface area contributed by atoms with Crippen molar-refractivity contribution in [2.45, 2.75) is 12.4 Å². The fourth-order valence-corrected chi connectivity index (χ4v) is 3.75. The zero-order valence-electron chi connectivity index (χ0n) is 16.4. The van der Waals surface area contributed by atoms with Crippen LogP contribution in [-0.4, -0.2) is 43.4 Å². The molecule has 0 atom stereocenters. The molecule has 0 saturated carbocycles. The largest absolute Gasteiger partial charge is 0.380 e. The van der Waals surface area contributed by atoms with Gasteiger partial charge in [0.2, 0.25) is 10.0 Å². The van der Waals surface area contributed by atoms with Crippen molar-refractivity contribution in [3.8, 4) is 11.3 Å². The zero-order chi connectivity index (χ0) is 21.4. The second kappa shape index (κ2) is 10.1. The van der Waals surface area contributed by atoms with Gasteiger partial charge in [0.15, 0.2) is 5.88 Å². The van der Waals surface area contributed by atoms with Crippen molar-refractivity contribution in [3.63, 3.8) is 0 Å². The molecule has 9 heteroatoms. The Morgan fingerprint density at radius 2 is 1.97 bits per heavy atom. The highest BCUT2D eigenvalue weighted by Crippen LogP contribution is 2.15. The number of nitrogens with one attached hydrogen (secondary N) is 1. The standard InChI is InChI=1S/C21H22N4O4S/c1-29-15-19(14-26)11-17-6-5-7-18(10-17)12-22-30(27,28)16-25-13-21(23-24-25)20-8-3-2-4-9-20/h2-11,13-14,22H,12,15-16H2,1H3/b19-11-. The van der Waals surface area contributed by atoms with Crippen LogP contribution in [0.4, 0.5) is 0 Å². The van der Waals surface area contributed by atoms with Crippen LogP contribution in [-0.2, 0) is 32.0 Å². The summed E-state index contributed by atoms with van der Waals surface area (Å²) in [6, 6.07) is 16.7. The fraction of sp³-hybridized carbons (Fsp3) is 0.190. The lowest BCUT2D eigenvalue weighted by atomic mass is 10.1. The normalized spacial score (nSPS) is 12.1. The first-order valence-electron chi connectivity index (χ1n) is 9.15. The summed E-state index contributed by atoms with van der Waals surface area (Å²) in [7, 11) is -2.12. The Labute approximate surface area is 175 Å². The summed E-state index contributed by atoms with van der Waals surface area (Å²) < 4.78 is 33.7. The lowest BCUT2D eigenvalue weighted by molar-refractivity contribution is -0.105. The number of aromatic nitrogens is 3. The molecule has 2 aromatic carbocycles. The van der Waals surface area contributed by atoms with Crippen molar-refractivity contribution >= 4 is 22.4 Å². The fourth-order valence-electron chi connectivity index (χ4n) is 2.80. The summed E-state index contributed by atoms with van der Waals surface area (Å²) in [5.41, 5.74) is 3.51. The van der Waals surface area contributed by atoms with Gasteiger partial charge in [-0.05, 0) is 17.2 Å². The van der Waals surface area contributed by atoms with Crippen LogP contribution in [0, 0.1) is 0 Å². The van der Waals surface area contributed by atoms with Gasteiger partial charge in [-0.2, -0.15) is 0 Å². The number of carbonyl (C=O) groups excluding carboxylic acids is 1. The minimum atomic E-state index is -3.63. The highest BCUT2D eigenvalue weighted by atomic mass is 32.2. The third-order valence-electron chi connectivity index (χ3n) is 4.17. The van der Waals surface area contributed by atoms with Gasteiger partial charge in [0.05, 0.1) is 12.8 Å². The zero-order valence-corrected chi connectivity index (χ0v) is 17.2. The van der Waals surface area contributed by atoms with Gasteiger partial charge in [0.1, 0.15) is 12.0 Å². The Balaban J connectivity index is 1.64. The number of methoxy groups -OCH3 is 1. The highest BCUT2D eigenvalue weighted by molar-refractivity contribution is 7.88. The quantitative estimate of drug-likeness (QED) is 0.394. The van der Waals surface area contributed by atoms with Gasteiger partial charge in [-0.3, -0.25) is 4.79 Å². The Kier molecular flexibility index (Phi) is 7.23. The third kappa shape index (κ3) is 6.18. The summed E-state index contributed by atoms with van der Waals surface area (Å²) in [6.45, 7) is 0.328. The van der Waals surface area contributed by atoms with E-state index in [2.05, 4.69) is 15.0 Å². The van der Waals surface area contributed by atoms with E-state index in [1.54, 1.807) is 24.4 Å². The van der Waals surface area contributed by atoms with E-state index in [4.69, 9.17) is 4.74 Å². The third-order valence-corrected chi connectivity index (χ3v) is 5.36. The first-order chi connectivity index (χ1) is 14.5. The van der Waals surface area contributed by atoms with Crippen molar-refractivity contribution < 1.29 is 17.9 Å². The molecule has 0 amide bonds. The van der Waals surface area contributed by atoms with Crippen LogP contribution < -0.4 is 4.72 Å². The summed E-state index contributed by atoms with van der Waals surface area (Å²) in [5, 5.41) is 7.93. The lowest BCUT2D eigenvalue weighted by Crippen LogP contribution is -2.27. The molecule has 0 bridgehead atoms. The molecule has 0 spiro atoms. The number of sulfonamides is 1. The van der Waals surface area contributed by atoms with Crippen molar-refractivity contribution in [1.29, 1.82) is 0 Å². The van der Waals surface area contributed by atoms with Crippen LogP contribution in [0.15, 0.2) is 66.4 Å². The molecule has 0 aliphatic carbocycles. The monoisotopic (exact) mass is 426 g/mol. The average molecular weight is 426 g/mol. The van der Waals surface area contributed by atoms with Crippen molar-refractivity contribution in [2.24, 2.45) is 0 Å². The molecule has 0 aliphatic heterocycles. The van der Waals surface area contributed by atoms with Crippen LogP contribution in [0.5, 0.6) is 0 Å². The van der Waals surface area contributed by atoms with Gasteiger partial charge < -0.3 is 4.74 Å². The summed E-state index contributed by atoms with van der Waals surface area (Å²) in [6.07, 6.45) is 4.03.